The highest BCUT2D eigenvalue weighted by atomic mass is 32.2. The predicted molar refractivity (Wildman–Crippen MR) is 152 cm³/mol. The molecule has 0 radical (unpaired) electrons. The van der Waals surface area contributed by atoms with Crippen LogP contribution >= 0.6 is 0 Å². The number of nitrogens with zero attached hydrogens (tertiary/aromatic N) is 3. The molecule has 1 amide bonds. The number of anilines is 1. The van der Waals surface area contributed by atoms with Crippen molar-refractivity contribution in [2.75, 3.05) is 18.9 Å². The molecule has 0 spiro atoms. The van der Waals surface area contributed by atoms with E-state index in [1.54, 1.807) is 25.4 Å². The van der Waals surface area contributed by atoms with E-state index in [0.29, 0.717) is 17.0 Å². The van der Waals surface area contributed by atoms with Gasteiger partial charge in [-0.15, -0.1) is 0 Å². The molecule has 2 N–H and O–H groups in total. The van der Waals surface area contributed by atoms with Gasteiger partial charge in [-0.2, -0.15) is 0 Å². The Morgan fingerprint density at radius 1 is 0.949 bits per heavy atom. The van der Waals surface area contributed by atoms with E-state index in [0.717, 1.165) is 22.3 Å². The third-order valence-electron chi connectivity index (χ3n) is 6.33. The first-order chi connectivity index (χ1) is 18.8. The molecular formula is C29H25N5O4S. The standard InChI is InChI=1S/C29H25N5O4S/c1-30-25-11-10-19-14-24(25)27(31-2)20-7-4-6-18(12-20)16-32-28(35)21-8-5-9-23(13-21)39(36,37)34-26-15-22(19)17-33-29(26)38-3/h4-15,17,34H,1,16H2,2-3H3,(H,32,35). The SMILES string of the molecule is C=Nc1ccc2cc1C(=NC)c1cccc(c1)CNC(=O)c1cccc(c1)S(=O)(=O)Nc1cc-2cnc1OC. The van der Waals surface area contributed by atoms with Gasteiger partial charge in [-0.25, -0.2) is 13.4 Å². The van der Waals surface area contributed by atoms with Crippen molar-refractivity contribution in [2.45, 2.75) is 11.4 Å². The molecule has 1 aliphatic heterocycles. The van der Waals surface area contributed by atoms with E-state index in [2.05, 4.69) is 31.7 Å². The van der Waals surface area contributed by atoms with E-state index in [4.69, 9.17) is 4.74 Å². The first-order valence-electron chi connectivity index (χ1n) is 12.0. The minimum Gasteiger partial charge on any atom is -0.480 e. The van der Waals surface area contributed by atoms with Crippen LogP contribution in [0, 0.1) is 0 Å². The van der Waals surface area contributed by atoms with Gasteiger partial charge in [-0.05, 0) is 60.3 Å². The van der Waals surface area contributed by atoms with Crippen molar-refractivity contribution in [3.8, 4) is 17.0 Å². The number of aromatic nitrogens is 1. The van der Waals surface area contributed by atoms with E-state index in [1.165, 1.54) is 25.3 Å². The average molecular weight is 540 g/mol. The third kappa shape index (κ3) is 5.14. The Morgan fingerprint density at radius 2 is 1.74 bits per heavy atom. The van der Waals surface area contributed by atoms with Crippen LogP contribution in [0.15, 0.2) is 93.9 Å². The Hall–Kier alpha value is -4.83. The first kappa shape index (κ1) is 25.8. The number of methoxy groups -OCH3 is 1. The van der Waals surface area contributed by atoms with Crippen LogP contribution in [-0.2, 0) is 16.6 Å². The van der Waals surface area contributed by atoms with Crippen molar-refractivity contribution in [2.24, 2.45) is 9.98 Å². The van der Waals surface area contributed by atoms with E-state index in [9.17, 15) is 13.2 Å². The zero-order valence-electron chi connectivity index (χ0n) is 21.3. The summed E-state index contributed by atoms with van der Waals surface area (Å²) in [6.07, 6.45) is 1.60. The summed E-state index contributed by atoms with van der Waals surface area (Å²) in [5.74, 6) is -0.308. The fraction of sp³-hybridized carbons (Fsp3) is 0.103. The predicted octanol–water partition coefficient (Wildman–Crippen LogP) is 4.60. The quantitative estimate of drug-likeness (QED) is 0.361. The second kappa shape index (κ2) is 10.5. The molecular weight excluding hydrogens is 514 g/mol. The maximum absolute atomic E-state index is 13.3. The molecule has 5 rings (SSSR count). The van der Waals surface area contributed by atoms with Gasteiger partial charge in [-0.1, -0.05) is 30.3 Å². The summed E-state index contributed by atoms with van der Waals surface area (Å²) >= 11 is 0. The van der Waals surface area contributed by atoms with Gasteiger partial charge in [-0.3, -0.25) is 19.5 Å². The van der Waals surface area contributed by atoms with Crippen molar-refractivity contribution >= 4 is 39.7 Å². The third-order valence-corrected chi connectivity index (χ3v) is 7.69. The molecule has 0 fully saturated rings. The Kier molecular flexibility index (Phi) is 6.95. The number of fused-ring (bicyclic) bond motifs is 9. The topological polar surface area (TPSA) is 122 Å². The number of pyridine rings is 1. The molecule has 0 aliphatic carbocycles. The number of ether oxygens (including phenoxy) is 1. The number of aliphatic imine (C=N–C) groups is 2. The first-order valence-corrected chi connectivity index (χ1v) is 13.4. The second-order valence-electron chi connectivity index (χ2n) is 8.76. The van der Waals surface area contributed by atoms with Gasteiger partial charge in [0.25, 0.3) is 15.9 Å². The van der Waals surface area contributed by atoms with Gasteiger partial charge in [0.05, 0.1) is 23.4 Å². The molecule has 3 aromatic carbocycles. The highest BCUT2D eigenvalue weighted by molar-refractivity contribution is 7.92. The molecule has 4 aromatic rings. The normalized spacial score (nSPS) is 15.3. The number of hydrogen-bond donors (Lipinski definition) is 2. The van der Waals surface area contributed by atoms with Crippen LogP contribution in [0.4, 0.5) is 11.4 Å². The van der Waals surface area contributed by atoms with Crippen molar-refractivity contribution in [1.82, 2.24) is 10.3 Å². The van der Waals surface area contributed by atoms with E-state index in [-0.39, 0.29) is 28.6 Å². The molecule has 196 valence electrons. The van der Waals surface area contributed by atoms with Crippen LogP contribution in [0.1, 0.15) is 27.0 Å². The van der Waals surface area contributed by atoms with Gasteiger partial charge in [0.2, 0.25) is 5.88 Å². The molecule has 0 saturated heterocycles. The lowest BCUT2D eigenvalue weighted by atomic mass is 9.95. The molecule has 8 bridgehead atoms. The number of nitrogens with one attached hydrogen (secondary N) is 2. The van der Waals surface area contributed by atoms with Crippen LogP contribution in [0.5, 0.6) is 5.88 Å². The van der Waals surface area contributed by atoms with E-state index in [1.807, 2.05) is 42.5 Å². The molecule has 1 aliphatic rings. The highest BCUT2D eigenvalue weighted by Gasteiger charge is 2.21. The summed E-state index contributed by atoms with van der Waals surface area (Å²) in [5, 5.41) is 2.86. The van der Waals surface area contributed by atoms with Crippen LogP contribution in [-0.4, -0.2) is 45.9 Å². The van der Waals surface area contributed by atoms with Crippen molar-refractivity contribution in [3.05, 3.63) is 101 Å². The minimum absolute atomic E-state index is 0.0711. The summed E-state index contributed by atoms with van der Waals surface area (Å²) in [7, 11) is -0.977. The summed E-state index contributed by atoms with van der Waals surface area (Å²) < 4.78 is 34.6. The number of hydrogen-bond acceptors (Lipinski definition) is 7. The molecule has 0 atom stereocenters. The van der Waals surface area contributed by atoms with Crippen molar-refractivity contribution in [3.63, 3.8) is 0 Å². The number of carbonyl (C=O) groups is 1. The summed E-state index contributed by atoms with van der Waals surface area (Å²) in [6, 6.07) is 20.7. The number of rotatable bonds is 2. The Morgan fingerprint density at radius 3 is 2.51 bits per heavy atom. The number of sulfonamides is 1. The van der Waals surface area contributed by atoms with Gasteiger partial charge in [0, 0.05) is 42.0 Å². The Balaban J connectivity index is 1.75. The minimum atomic E-state index is -4.08. The lowest BCUT2D eigenvalue weighted by Gasteiger charge is -2.16. The van der Waals surface area contributed by atoms with E-state index >= 15 is 0 Å². The largest absolute Gasteiger partial charge is 0.480 e. The van der Waals surface area contributed by atoms with Crippen LogP contribution in [0.25, 0.3) is 11.1 Å². The van der Waals surface area contributed by atoms with Gasteiger partial charge < -0.3 is 10.1 Å². The molecule has 0 saturated carbocycles. The zero-order chi connectivity index (χ0) is 27.6. The van der Waals surface area contributed by atoms with Gasteiger partial charge in [0.15, 0.2) is 0 Å². The summed E-state index contributed by atoms with van der Waals surface area (Å²) in [4.78, 5) is 26.0. The fourth-order valence-corrected chi connectivity index (χ4v) is 5.51. The maximum atomic E-state index is 13.3. The maximum Gasteiger partial charge on any atom is 0.262 e. The van der Waals surface area contributed by atoms with Gasteiger partial charge in [0.1, 0.15) is 5.69 Å². The number of carbonyl (C=O) groups excluding carboxylic acids is 1. The molecule has 9 nitrogen and oxygen atoms in total. The van der Waals surface area contributed by atoms with Gasteiger partial charge >= 0.3 is 0 Å². The Labute approximate surface area is 226 Å². The zero-order valence-corrected chi connectivity index (χ0v) is 22.1. The van der Waals surface area contributed by atoms with Crippen LogP contribution in [0.3, 0.4) is 0 Å². The molecule has 1 aromatic heterocycles. The summed E-state index contributed by atoms with van der Waals surface area (Å²) in [6.45, 7) is 3.95. The Bertz CT molecular complexity index is 1750. The smallest absolute Gasteiger partial charge is 0.262 e. The lowest BCUT2D eigenvalue weighted by molar-refractivity contribution is 0.0950. The van der Waals surface area contributed by atoms with Crippen molar-refractivity contribution in [1.29, 1.82) is 0 Å². The molecule has 10 heteroatoms. The van der Waals surface area contributed by atoms with Crippen LogP contribution in [0.2, 0.25) is 0 Å². The molecule has 2 heterocycles. The van der Waals surface area contributed by atoms with Crippen molar-refractivity contribution < 1.29 is 17.9 Å². The molecule has 39 heavy (non-hydrogen) atoms. The summed E-state index contributed by atoms with van der Waals surface area (Å²) in [5.41, 5.74) is 5.51. The number of benzene rings is 3. The second-order valence-corrected chi connectivity index (χ2v) is 10.4. The highest BCUT2D eigenvalue weighted by Crippen LogP contribution is 2.33. The average Bonchev–Trinajstić information content (AvgIpc) is 2.96. The number of amides is 1. The fourth-order valence-electron chi connectivity index (χ4n) is 4.42. The lowest BCUT2D eigenvalue weighted by Crippen LogP contribution is -2.23. The monoisotopic (exact) mass is 539 g/mol. The molecule has 0 unspecified atom stereocenters. The van der Waals surface area contributed by atoms with Crippen LogP contribution < -0.4 is 14.8 Å². The van der Waals surface area contributed by atoms with E-state index < -0.39 is 15.9 Å².